The molecule has 125 heavy (non-hydrogen) atoms. The van der Waals surface area contributed by atoms with Gasteiger partial charge in [0.2, 0.25) is 0 Å². The first-order valence-electron chi connectivity index (χ1n) is 46.0. The van der Waals surface area contributed by atoms with Gasteiger partial charge in [0.05, 0.1) is 143 Å². The topological polar surface area (TPSA) is 252 Å². The second-order valence-corrected chi connectivity index (χ2v) is 37.5. The van der Waals surface area contributed by atoms with E-state index in [0.717, 1.165) is 149 Å². The number of allylic oxidation sites excluding steroid dienone is 13. The van der Waals surface area contributed by atoms with Crippen molar-refractivity contribution in [3.8, 4) is 0 Å². The van der Waals surface area contributed by atoms with Crippen molar-refractivity contribution in [3.05, 3.63) is 204 Å². The van der Waals surface area contributed by atoms with Gasteiger partial charge >= 0.3 is 23.1 Å². The van der Waals surface area contributed by atoms with Gasteiger partial charge in [-0.25, -0.2) is 0 Å². The van der Waals surface area contributed by atoms with Gasteiger partial charge in [0.25, 0.3) is 0 Å². The van der Waals surface area contributed by atoms with E-state index in [4.69, 9.17) is 52.1 Å². The van der Waals surface area contributed by atoms with E-state index in [-0.39, 0.29) is 145 Å². The van der Waals surface area contributed by atoms with E-state index in [9.17, 15) is 35.4 Å². The van der Waals surface area contributed by atoms with Crippen molar-refractivity contribution in [1.82, 2.24) is 5.32 Å². The second kappa shape index (κ2) is 52.3. The molecule has 28 atom stereocenters. The first kappa shape index (κ1) is 110. The Morgan fingerprint density at radius 2 is 0.920 bits per heavy atom. The molecule has 10 heterocycles. The molecule has 0 spiro atoms. The summed E-state index contributed by atoms with van der Waals surface area (Å²) in [5.74, 6) is 0.579. The average Bonchev–Trinajstić information content (AvgIpc) is 1.61. The summed E-state index contributed by atoms with van der Waals surface area (Å²) in [4.78, 5) is 10.9. The number of benzene rings is 3. The largest absolute Gasteiger partial charge is 2.00 e. The van der Waals surface area contributed by atoms with E-state index < -0.39 is 64.1 Å². The van der Waals surface area contributed by atoms with Gasteiger partial charge in [-0.3, -0.25) is 4.79 Å². The summed E-state index contributed by atoms with van der Waals surface area (Å²) in [6, 6.07) is 31.8. The molecular formula is C104H158BrMgNO18. The Balaban J connectivity index is 0.000000305. The molecule has 3 aromatic carbocycles. The van der Waals surface area contributed by atoms with E-state index in [0.29, 0.717) is 57.4 Å². The Morgan fingerprint density at radius 1 is 0.528 bits per heavy atom. The molecule has 10 aliphatic rings. The zero-order valence-electron chi connectivity index (χ0n) is 77.5. The standard InChI is InChI=1S/C45H66O8.C39H60O8.C9H13NO.C6H5.C4H10O.CH4.BrH.Mg/c1-8-9-10-14-20-39-43(5,48)23-21-36-37(49-39)22-24-44(6)41(50-36)27-38-42(53-44)34(47)28-45(7)40(51-38)26-31(4)35(52-45)19-15-16-29(2)30(3)25-33(46)32-17-12-11-13-18-32;1-8-9-10-11-15-33-37(5,42)19-16-30-31(43-33)17-20-38(6)35(44-30)23-32-36(47-38)28(41)24-39(7)34(45-32)22-27(4)29(46-39)14-12-13-25(2)26(3)18-21-40;1-10-7-9(11)8-5-3-2-4-6-8;1-2-4-6-5-3-1;1-3-5-4-2;;;/h8-13,16-18,25,31,33-42,46-48H,1,14-15,19-24,26-28H2,2-7H3;8-10,13,18,21,27-36,41-42H,1,11-12,14-17,19-20,22-24H2,2-7H3;2-6,9-11H,7H2,1H3;1-5H;3-4H2,1-2H3;1H4;1H;/q;;;-1;;;;+2/p-1/b10-9-,29-16+,30-25+;10-9-,25-13+,26-18+;;;;;;. The summed E-state index contributed by atoms with van der Waals surface area (Å²) in [6.07, 6.45) is 30.5. The molecule has 10 fully saturated rings. The van der Waals surface area contributed by atoms with Crippen molar-refractivity contribution in [2.45, 2.75) is 401 Å². The Bertz CT molecular complexity index is 3800. The van der Waals surface area contributed by atoms with Gasteiger partial charge in [0.1, 0.15) is 18.5 Å². The van der Waals surface area contributed by atoms with E-state index >= 15 is 0 Å². The molecule has 10 aliphatic heterocycles. The molecule has 696 valence electrons. The van der Waals surface area contributed by atoms with Crippen molar-refractivity contribution >= 4 is 29.3 Å². The number of hydrogen-bond donors (Lipinski definition) is 7. The zero-order valence-corrected chi connectivity index (χ0v) is 80.5. The quantitative estimate of drug-likeness (QED) is 0.0145. The molecule has 0 radical (unpaired) electrons. The molecule has 13 rings (SSSR count). The predicted octanol–water partition coefficient (Wildman–Crippen LogP) is 15.2. The third kappa shape index (κ3) is 30.9. The fraction of sp³-hybridized carbons (Fsp3) is 0.663. The molecule has 0 aromatic heterocycles. The number of likely N-dealkylation sites (N-methyl/N-ethyl adjacent to an activating group) is 1. The van der Waals surface area contributed by atoms with E-state index in [2.05, 4.69) is 97.3 Å². The van der Waals surface area contributed by atoms with Crippen LogP contribution >= 0.6 is 0 Å². The van der Waals surface area contributed by atoms with Crippen molar-refractivity contribution in [3.63, 3.8) is 0 Å². The van der Waals surface area contributed by atoms with Crippen molar-refractivity contribution in [2.75, 3.05) is 26.8 Å². The molecule has 0 amide bonds. The maximum atomic E-state index is 11.8. The van der Waals surface area contributed by atoms with Crippen LogP contribution in [0, 0.1) is 17.9 Å². The number of halogens is 1. The van der Waals surface area contributed by atoms with E-state index in [1.807, 2.05) is 165 Å². The molecule has 7 N–H and O–H groups in total. The fourth-order valence-electron chi connectivity index (χ4n) is 19.7. The van der Waals surface area contributed by atoms with Gasteiger partial charge in [0.15, 0.2) is 0 Å². The summed E-state index contributed by atoms with van der Waals surface area (Å²) in [5.41, 5.74) is 1.84. The van der Waals surface area contributed by atoms with Crippen LogP contribution in [0.25, 0.3) is 0 Å². The van der Waals surface area contributed by atoms with Gasteiger partial charge in [-0.15, -0.1) is 0 Å². The van der Waals surface area contributed by atoms with E-state index in [1.54, 1.807) is 18.2 Å². The molecule has 0 aliphatic carbocycles. The summed E-state index contributed by atoms with van der Waals surface area (Å²) < 4.78 is 73.4. The Labute approximate surface area is 778 Å². The van der Waals surface area contributed by atoms with Crippen LogP contribution in [0.4, 0.5) is 0 Å². The van der Waals surface area contributed by atoms with Crippen LogP contribution in [0.3, 0.4) is 0 Å². The number of rotatable bonds is 24. The summed E-state index contributed by atoms with van der Waals surface area (Å²) in [6.45, 7) is 38.6. The first-order valence-corrected chi connectivity index (χ1v) is 46.0. The number of nitrogens with one attached hydrogen (secondary N) is 1. The van der Waals surface area contributed by atoms with Gasteiger partial charge in [-0.05, 0) is 252 Å². The van der Waals surface area contributed by atoms with Gasteiger partial charge < -0.3 is 105 Å². The monoisotopic (exact) mass is 1810 g/mol. The van der Waals surface area contributed by atoms with Crippen molar-refractivity contribution in [1.29, 1.82) is 0 Å². The summed E-state index contributed by atoms with van der Waals surface area (Å²) in [7, 11) is 1.83. The first-order chi connectivity index (χ1) is 58.2. The van der Waals surface area contributed by atoms with Crippen LogP contribution < -0.4 is 22.3 Å². The Kier molecular flexibility index (Phi) is 45.8. The second-order valence-electron chi connectivity index (χ2n) is 37.5. The number of ether oxygens (including phenoxy) is 11. The third-order valence-corrected chi connectivity index (χ3v) is 27.6. The molecule has 21 heteroatoms. The summed E-state index contributed by atoms with van der Waals surface area (Å²) in [5, 5.41) is 69.3. The molecular weight excluding hydrogens is 1660 g/mol. The third-order valence-electron chi connectivity index (χ3n) is 27.6. The normalized spacial score (nSPS) is 37.4. The number of hydrogen-bond acceptors (Lipinski definition) is 19. The Morgan fingerprint density at radius 3 is 1.30 bits per heavy atom. The van der Waals surface area contributed by atoms with Gasteiger partial charge in [0, 0.05) is 45.4 Å². The minimum Gasteiger partial charge on any atom is -1.00 e. The SMILES string of the molecule is C.C=C/C=C\CCC1OC2CCC3(C)OC4C(O)CC5(C)OC(CC/C=C(C)/C(C)=C/C(O)c6ccccc6)C(C)CC5OC4CC3OC2CCC1(C)O.C=C/C=C\CCC1OC2CCC3(C)OC4C(O)CC5(C)OC(CC/C=C(C)/C(C)=C/C=O)C(C)CC5OC4CC3OC2CCC1(C)O.CCOCC.CNCC(O)c1ccccc1.[Br-].[Mg+2].[c-]1ccccc1. The number of aldehydes is 1. The number of carbonyl (C=O) groups excluding carboxylic acids is 1. The molecule has 10 saturated heterocycles. The van der Waals surface area contributed by atoms with Crippen LogP contribution in [-0.2, 0) is 56.9 Å². The molecule has 3 aromatic rings. The predicted molar refractivity (Wildman–Crippen MR) is 495 cm³/mol. The van der Waals surface area contributed by atoms with Gasteiger partial charge in [-0.1, -0.05) is 155 Å². The van der Waals surface area contributed by atoms with Crippen LogP contribution in [-0.4, -0.2) is 230 Å². The van der Waals surface area contributed by atoms with Crippen LogP contribution in [0.5, 0.6) is 0 Å². The number of aliphatic hydroxyl groups is 6. The van der Waals surface area contributed by atoms with Crippen LogP contribution in [0.2, 0.25) is 0 Å². The molecule has 0 saturated carbocycles. The van der Waals surface area contributed by atoms with Crippen molar-refractivity contribution < 1.29 is 105 Å². The smallest absolute Gasteiger partial charge is 1.00 e. The number of carbonyl (C=O) groups is 1. The maximum absolute atomic E-state index is 11.8. The zero-order chi connectivity index (χ0) is 88.4. The molecule has 28 unspecified atom stereocenters. The molecule has 0 bridgehead atoms. The Hall–Kier alpha value is -4.22. The van der Waals surface area contributed by atoms with E-state index in [1.165, 1.54) is 0 Å². The summed E-state index contributed by atoms with van der Waals surface area (Å²) >= 11 is 0. The molecule has 19 nitrogen and oxygen atoms in total. The van der Waals surface area contributed by atoms with Crippen LogP contribution in [0.15, 0.2) is 187 Å². The fourth-order valence-corrected chi connectivity index (χ4v) is 19.7. The average molecular weight is 1810 g/mol. The van der Waals surface area contributed by atoms with Gasteiger partial charge in [-0.2, -0.15) is 36.4 Å². The minimum atomic E-state index is -0.930. The number of aliphatic hydroxyl groups excluding tert-OH is 4. The van der Waals surface area contributed by atoms with Crippen molar-refractivity contribution in [2.24, 2.45) is 11.8 Å². The minimum absolute atomic E-state index is 0. The maximum Gasteiger partial charge on any atom is 2.00 e. The van der Waals surface area contributed by atoms with Crippen LogP contribution in [0.1, 0.15) is 269 Å². The number of fused-ring (bicyclic) bond motifs is 8.